The maximum atomic E-state index is 5.79. The first kappa shape index (κ1) is 13.8. The van der Waals surface area contributed by atoms with Crippen molar-refractivity contribution in [2.45, 2.75) is 32.0 Å². The van der Waals surface area contributed by atoms with E-state index in [-0.39, 0.29) is 0 Å². The van der Waals surface area contributed by atoms with E-state index in [1.54, 1.807) is 11.3 Å². The molecule has 0 N–H and O–H groups in total. The molecule has 1 aliphatic rings. The Balaban J connectivity index is 1.67. The van der Waals surface area contributed by atoms with Gasteiger partial charge in [0.1, 0.15) is 5.82 Å². The summed E-state index contributed by atoms with van der Waals surface area (Å²) >= 11 is 1.76. The minimum Gasteiger partial charge on any atom is -0.377 e. The van der Waals surface area contributed by atoms with Gasteiger partial charge in [0, 0.05) is 39.1 Å². The van der Waals surface area contributed by atoms with Crippen molar-refractivity contribution in [1.82, 2.24) is 14.5 Å². The minimum absolute atomic E-state index is 0.383. The van der Waals surface area contributed by atoms with Crippen molar-refractivity contribution in [2.75, 3.05) is 13.2 Å². The molecule has 1 fully saturated rings. The van der Waals surface area contributed by atoms with Gasteiger partial charge in [-0.05, 0) is 35.2 Å². The van der Waals surface area contributed by atoms with E-state index in [1.807, 2.05) is 12.4 Å². The second-order valence-corrected chi connectivity index (χ2v) is 6.17. The molecule has 0 aromatic carbocycles. The van der Waals surface area contributed by atoms with E-state index in [4.69, 9.17) is 4.74 Å². The van der Waals surface area contributed by atoms with E-state index in [0.29, 0.717) is 6.10 Å². The number of hydrogen-bond acceptors (Lipinski definition) is 4. The van der Waals surface area contributed by atoms with Crippen LogP contribution in [0.2, 0.25) is 0 Å². The lowest BCUT2D eigenvalue weighted by Crippen LogP contribution is -2.32. The number of rotatable bonds is 6. The van der Waals surface area contributed by atoms with Gasteiger partial charge in [-0.1, -0.05) is 0 Å². The Morgan fingerprint density at radius 1 is 1.50 bits per heavy atom. The third-order valence-corrected chi connectivity index (χ3v) is 4.49. The Morgan fingerprint density at radius 3 is 3.10 bits per heavy atom. The molecule has 108 valence electrons. The third kappa shape index (κ3) is 3.48. The molecule has 0 saturated carbocycles. The number of aryl methyl sites for hydroxylation is 1. The number of nitrogens with zero attached hydrogens (tertiary/aromatic N) is 3. The molecule has 20 heavy (non-hydrogen) atoms. The summed E-state index contributed by atoms with van der Waals surface area (Å²) in [5.41, 5.74) is 1.38. The maximum Gasteiger partial charge on any atom is 0.122 e. The van der Waals surface area contributed by atoms with Crippen LogP contribution < -0.4 is 0 Å². The van der Waals surface area contributed by atoms with Crippen molar-refractivity contribution in [2.24, 2.45) is 7.05 Å². The molecule has 3 heterocycles. The zero-order valence-electron chi connectivity index (χ0n) is 11.9. The fraction of sp³-hybridized carbons (Fsp3) is 0.533. The molecule has 5 heteroatoms. The van der Waals surface area contributed by atoms with Crippen LogP contribution in [0.25, 0.3) is 0 Å². The highest BCUT2D eigenvalue weighted by atomic mass is 32.1. The number of thiophene rings is 1. The quantitative estimate of drug-likeness (QED) is 0.819. The molecule has 0 unspecified atom stereocenters. The molecule has 0 radical (unpaired) electrons. The van der Waals surface area contributed by atoms with Crippen LogP contribution in [-0.2, 0) is 24.9 Å². The van der Waals surface area contributed by atoms with Gasteiger partial charge in [-0.2, -0.15) is 11.3 Å². The maximum absolute atomic E-state index is 5.79. The van der Waals surface area contributed by atoms with Crippen LogP contribution in [0.3, 0.4) is 0 Å². The van der Waals surface area contributed by atoms with Crippen molar-refractivity contribution in [1.29, 1.82) is 0 Å². The second-order valence-electron chi connectivity index (χ2n) is 5.39. The first-order valence-electron chi connectivity index (χ1n) is 7.12. The van der Waals surface area contributed by atoms with E-state index < -0.39 is 0 Å². The Morgan fingerprint density at radius 2 is 2.45 bits per heavy atom. The van der Waals surface area contributed by atoms with Crippen LogP contribution in [0.15, 0.2) is 29.2 Å². The normalized spacial score (nSPS) is 19.0. The number of hydrogen-bond donors (Lipinski definition) is 0. The summed E-state index contributed by atoms with van der Waals surface area (Å²) in [5, 5.41) is 4.36. The summed E-state index contributed by atoms with van der Waals surface area (Å²) in [7, 11) is 2.05. The lowest BCUT2D eigenvalue weighted by molar-refractivity contribution is 0.0667. The summed E-state index contributed by atoms with van der Waals surface area (Å²) in [4.78, 5) is 6.89. The minimum atomic E-state index is 0.383. The van der Waals surface area contributed by atoms with E-state index in [0.717, 1.165) is 32.1 Å². The van der Waals surface area contributed by atoms with E-state index in [2.05, 4.69) is 38.3 Å². The fourth-order valence-electron chi connectivity index (χ4n) is 2.65. The average molecular weight is 291 g/mol. The van der Waals surface area contributed by atoms with Crippen molar-refractivity contribution in [3.63, 3.8) is 0 Å². The standard InChI is InChI=1S/C15H21N3OS/c1-17-6-5-16-15(17)11-18(9-13-4-8-20-12-13)10-14-3-2-7-19-14/h4-6,8,12,14H,2-3,7,9-11H2,1H3/t14-/m1/s1. The Hall–Kier alpha value is -1.17. The fourth-order valence-corrected chi connectivity index (χ4v) is 3.31. The lowest BCUT2D eigenvalue weighted by atomic mass is 10.2. The SMILES string of the molecule is Cn1ccnc1CN(Cc1ccsc1)C[C@H]1CCCO1. The summed E-state index contributed by atoms with van der Waals surface area (Å²) in [5.74, 6) is 1.11. The lowest BCUT2D eigenvalue weighted by Gasteiger charge is -2.24. The smallest absolute Gasteiger partial charge is 0.122 e. The molecule has 1 aliphatic heterocycles. The van der Waals surface area contributed by atoms with E-state index >= 15 is 0 Å². The van der Waals surface area contributed by atoms with Crippen LogP contribution in [0.5, 0.6) is 0 Å². The molecule has 1 atom stereocenters. The molecule has 0 spiro atoms. The van der Waals surface area contributed by atoms with Gasteiger partial charge in [-0.25, -0.2) is 4.98 Å². The van der Waals surface area contributed by atoms with Gasteiger partial charge < -0.3 is 9.30 Å². The molecule has 1 saturated heterocycles. The Kier molecular flexibility index (Phi) is 4.50. The van der Waals surface area contributed by atoms with Crippen LogP contribution in [0, 0.1) is 0 Å². The topological polar surface area (TPSA) is 30.3 Å². The highest BCUT2D eigenvalue weighted by Crippen LogP contribution is 2.17. The van der Waals surface area contributed by atoms with E-state index in [1.165, 1.54) is 18.4 Å². The highest BCUT2D eigenvalue weighted by molar-refractivity contribution is 7.07. The number of imidazole rings is 1. The molecule has 0 aliphatic carbocycles. The summed E-state index contributed by atoms with van der Waals surface area (Å²) < 4.78 is 7.88. The number of ether oxygens (including phenoxy) is 1. The van der Waals surface area contributed by atoms with Crippen molar-refractivity contribution >= 4 is 11.3 Å². The van der Waals surface area contributed by atoms with Gasteiger partial charge in [-0.15, -0.1) is 0 Å². The van der Waals surface area contributed by atoms with Crippen LogP contribution >= 0.6 is 11.3 Å². The summed E-state index contributed by atoms with van der Waals surface area (Å²) in [6, 6.07) is 2.20. The largest absolute Gasteiger partial charge is 0.377 e. The summed E-state index contributed by atoms with van der Waals surface area (Å²) in [6.07, 6.45) is 6.63. The molecule has 3 rings (SSSR count). The second kappa shape index (κ2) is 6.52. The van der Waals surface area contributed by atoms with Crippen molar-refractivity contribution in [3.8, 4) is 0 Å². The van der Waals surface area contributed by atoms with Crippen LogP contribution in [-0.4, -0.2) is 33.7 Å². The molecule has 2 aromatic heterocycles. The molecular weight excluding hydrogens is 270 g/mol. The van der Waals surface area contributed by atoms with Gasteiger partial charge >= 0.3 is 0 Å². The van der Waals surface area contributed by atoms with Crippen molar-refractivity contribution < 1.29 is 4.74 Å². The van der Waals surface area contributed by atoms with Crippen LogP contribution in [0.4, 0.5) is 0 Å². The summed E-state index contributed by atoms with van der Waals surface area (Å²) in [6.45, 7) is 3.75. The first-order chi connectivity index (χ1) is 9.81. The van der Waals surface area contributed by atoms with Gasteiger partial charge in [0.05, 0.1) is 12.6 Å². The third-order valence-electron chi connectivity index (χ3n) is 3.76. The number of aromatic nitrogens is 2. The van der Waals surface area contributed by atoms with Gasteiger partial charge in [0.25, 0.3) is 0 Å². The zero-order valence-corrected chi connectivity index (χ0v) is 12.7. The monoisotopic (exact) mass is 291 g/mol. The highest BCUT2D eigenvalue weighted by Gasteiger charge is 2.20. The van der Waals surface area contributed by atoms with Gasteiger partial charge in [0.2, 0.25) is 0 Å². The van der Waals surface area contributed by atoms with Gasteiger partial charge in [-0.3, -0.25) is 4.90 Å². The van der Waals surface area contributed by atoms with Crippen LogP contribution in [0.1, 0.15) is 24.2 Å². The first-order valence-corrected chi connectivity index (χ1v) is 8.07. The predicted octanol–water partition coefficient (Wildman–Crippen LogP) is 2.66. The zero-order chi connectivity index (χ0) is 13.8. The van der Waals surface area contributed by atoms with Crippen molar-refractivity contribution in [3.05, 3.63) is 40.6 Å². The average Bonchev–Trinajstić information content (AvgIpc) is 3.15. The predicted molar refractivity (Wildman–Crippen MR) is 80.6 cm³/mol. The molecule has 4 nitrogen and oxygen atoms in total. The molecular formula is C15H21N3OS. The Labute approximate surface area is 124 Å². The molecule has 2 aromatic rings. The Bertz CT molecular complexity index is 517. The van der Waals surface area contributed by atoms with Gasteiger partial charge in [0.15, 0.2) is 0 Å². The van der Waals surface area contributed by atoms with E-state index in [9.17, 15) is 0 Å². The molecule has 0 bridgehead atoms. The molecule has 0 amide bonds.